The van der Waals surface area contributed by atoms with Crippen molar-refractivity contribution in [2.45, 2.75) is 39.3 Å². The first-order chi connectivity index (χ1) is 7.87. The van der Waals surface area contributed by atoms with Crippen LogP contribution in [0.5, 0.6) is 0 Å². The summed E-state index contributed by atoms with van der Waals surface area (Å²) in [7, 11) is 0. The zero-order valence-electron chi connectivity index (χ0n) is 11.0. The highest BCUT2D eigenvalue weighted by molar-refractivity contribution is 7.98. The van der Waals surface area contributed by atoms with E-state index in [0.717, 1.165) is 0 Å². The first kappa shape index (κ1) is 14.1. The van der Waals surface area contributed by atoms with Gasteiger partial charge in [0, 0.05) is 6.42 Å². The lowest BCUT2D eigenvalue weighted by molar-refractivity contribution is 0.0517. The molecule has 0 atom stereocenters. The van der Waals surface area contributed by atoms with E-state index in [4.69, 9.17) is 9.15 Å². The van der Waals surface area contributed by atoms with Gasteiger partial charge in [0.05, 0.1) is 6.61 Å². The van der Waals surface area contributed by atoms with Crippen molar-refractivity contribution in [3.63, 3.8) is 0 Å². The number of ether oxygens (including phenoxy) is 1. The Hall–Kier alpha value is -0.970. The highest BCUT2D eigenvalue weighted by Crippen LogP contribution is 2.27. The quantitative estimate of drug-likeness (QED) is 0.612. The summed E-state index contributed by atoms with van der Waals surface area (Å²) in [5.74, 6) is 0.205. The van der Waals surface area contributed by atoms with Crippen LogP contribution in [0.1, 0.15) is 43.9 Å². The van der Waals surface area contributed by atoms with Crippen LogP contribution < -0.4 is 0 Å². The first-order valence-corrected chi connectivity index (χ1v) is 6.80. The molecule has 0 radical (unpaired) electrons. The van der Waals surface area contributed by atoms with Crippen molar-refractivity contribution in [1.29, 1.82) is 0 Å². The topological polar surface area (TPSA) is 52.3 Å². The van der Waals surface area contributed by atoms with Gasteiger partial charge in [-0.1, -0.05) is 32.5 Å². The standard InChI is InChI=1S/C12H19NO3S/c1-6-15-10(14)9-8(7-12(2,3)4)16-11(13-9)17-5/h6-7H2,1-5H3. The van der Waals surface area contributed by atoms with Gasteiger partial charge in [0.1, 0.15) is 5.76 Å². The molecule has 0 aliphatic heterocycles. The minimum absolute atomic E-state index is 0.0382. The molecule has 0 N–H and O–H groups in total. The maximum Gasteiger partial charge on any atom is 0.360 e. The number of hydrogen-bond acceptors (Lipinski definition) is 5. The highest BCUT2D eigenvalue weighted by atomic mass is 32.2. The SMILES string of the molecule is CCOC(=O)c1nc(SC)oc1CC(C)(C)C. The summed E-state index contributed by atoms with van der Waals surface area (Å²) in [4.78, 5) is 15.9. The predicted molar refractivity (Wildman–Crippen MR) is 67.4 cm³/mol. The lowest BCUT2D eigenvalue weighted by Gasteiger charge is -2.16. The Morgan fingerprint density at radius 3 is 2.59 bits per heavy atom. The van der Waals surface area contributed by atoms with Crippen LogP contribution in [0.15, 0.2) is 9.64 Å². The van der Waals surface area contributed by atoms with E-state index in [1.54, 1.807) is 6.92 Å². The van der Waals surface area contributed by atoms with Crippen molar-refractivity contribution >= 4 is 17.7 Å². The molecule has 0 aliphatic rings. The minimum Gasteiger partial charge on any atom is -0.461 e. The van der Waals surface area contributed by atoms with Crippen molar-refractivity contribution < 1.29 is 13.9 Å². The van der Waals surface area contributed by atoms with Gasteiger partial charge in [-0.05, 0) is 18.6 Å². The second-order valence-corrected chi connectivity index (χ2v) is 5.67. The third-order valence-corrected chi connectivity index (χ3v) is 2.54. The fourth-order valence-corrected chi connectivity index (χ4v) is 1.74. The molecule has 0 saturated heterocycles. The number of carbonyl (C=O) groups excluding carboxylic acids is 1. The Bertz CT molecular complexity index is 393. The summed E-state index contributed by atoms with van der Waals surface area (Å²) < 4.78 is 10.5. The minimum atomic E-state index is -0.407. The van der Waals surface area contributed by atoms with Crippen molar-refractivity contribution in [2.24, 2.45) is 5.41 Å². The van der Waals surface area contributed by atoms with Crippen molar-refractivity contribution in [2.75, 3.05) is 12.9 Å². The Balaban J connectivity index is 3.01. The van der Waals surface area contributed by atoms with Crippen LogP contribution in [0.2, 0.25) is 0 Å². The molecule has 1 heterocycles. The van der Waals surface area contributed by atoms with Gasteiger partial charge in [-0.15, -0.1) is 0 Å². The van der Waals surface area contributed by atoms with Crippen LogP contribution >= 0.6 is 11.8 Å². The molecule has 0 spiro atoms. The molecule has 0 bridgehead atoms. The van der Waals surface area contributed by atoms with E-state index in [-0.39, 0.29) is 5.41 Å². The number of hydrogen-bond donors (Lipinski definition) is 0. The summed E-state index contributed by atoms with van der Waals surface area (Å²) in [5, 5.41) is 0.507. The Morgan fingerprint density at radius 2 is 2.12 bits per heavy atom. The number of esters is 1. The third-order valence-electron chi connectivity index (χ3n) is 2.01. The maximum absolute atomic E-state index is 11.7. The Morgan fingerprint density at radius 1 is 1.47 bits per heavy atom. The zero-order valence-corrected chi connectivity index (χ0v) is 11.8. The predicted octanol–water partition coefficient (Wildman–Crippen LogP) is 3.16. The zero-order chi connectivity index (χ0) is 13.1. The molecule has 1 aromatic rings. The largest absolute Gasteiger partial charge is 0.461 e. The van der Waals surface area contributed by atoms with Gasteiger partial charge in [0.25, 0.3) is 5.22 Å². The summed E-state index contributed by atoms with van der Waals surface area (Å²) in [5.41, 5.74) is 0.349. The fraction of sp³-hybridized carbons (Fsp3) is 0.667. The van der Waals surface area contributed by atoms with E-state index in [1.807, 2.05) is 6.26 Å². The van der Waals surface area contributed by atoms with Crippen LogP contribution in [0, 0.1) is 5.41 Å². The molecule has 1 rings (SSSR count). The molecular formula is C12H19NO3S. The highest BCUT2D eigenvalue weighted by Gasteiger charge is 2.24. The normalized spacial score (nSPS) is 11.6. The summed E-state index contributed by atoms with van der Waals surface area (Å²) in [6, 6.07) is 0. The van der Waals surface area contributed by atoms with E-state index in [0.29, 0.717) is 29.7 Å². The molecule has 0 aliphatic carbocycles. The average Bonchev–Trinajstić information content (AvgIpc) is 2.58. The van der Waals surface area contributed by atoms with Crippen LogP contribution in [0.3, 0.4) is 0 Å². The number of nitrogens with zero attached hydrogens (tertiary/aromatic N) is 1. The Kier molecular flexibility index (Phi) is 4.62. The number of carbonyl (C=O) groups is 1. The second kappa shape index (κ2) is 5.58. The maximum atomic E-state index is 11.7. The summed E-state index contributed by atoms with van der Waals surface area (Å²) in [6.45, 7) is 8.38. The van der Waals surface area contributed by atoms with Crippen molar-refractivity contribution in [3.05, 3.63) is 11.5 Å². The molecule has 0 fully saturated rings. The molecule has 96 valence electrons. The smallest absolute Gasteiger partial charge is 0.360 e. The number of thioether (sulfide) groups is 1. The van der Waals surface area contributed by atoms with Crippen LogP contribution in [-0.4, -0.2) is 23.8 Å². The molecule has 0 amide bonds. The van der Waals surface area contributed by atoms with Crippen LogP contribution in [0.4, 0.5) is 0 Å². The van der Waals surface area contributed by atoms with Gasteiger partial charge < -0.3 is 9.15 Å². The van der Waals surface area contributed by atoms with E-state index >= 15 is 0 Å². The third kappa shape index (κ3) is 4.07. The lowest BCUT2D eigenvalue weighted by atomic mass is 9.90. The molecule has 1 aromatic heterocycles. The number of oxazole rings is 1. The van der Waals surface area contributed by atoms with Gasteiger partial charge in [-0.3, -0.25) is 0 Å². The van der Waals surface area contributed by atoms with Crippen LogP contribution in [0.25, 0.3) is 0 Å². The summed E-state index contributed by atoms with van der Waals surface area (Å²) >= 11 is 1.38. The second-order valence-electron chi connectivity index (χ2n) is 4.91. The van der Waals surface area contributed by atoms with Gasteiger partial charge in [-0.25, -0.2) is 4.79 Å². The van der Waals surface area contributed by atoms with E-state index < -0.39 is 5.97 Å². The van der Waals surface area contributed by atoms with E-state index in [2.05, 4.69) is 25.8 Å². The van der Waals surface area contributed by atoms with Gasteiger partial charge in [0.15, 0.2) is 5.69 Å². The Labute approximate surface area is 106 Å². The molecule has 0 aromatic carbocycles. The van der Waals surface area contributed by atoms with Crippen LogP contribution in [-0.2, 0) is 11.2 Å². The molecular weight excluding hydrogens is 238 g/mol. The summed E-state index contributed by atoms with van der Waals surface area (Å²) in [6.07, 6.45) is 2.52. The first-order valence-electron chi connectivity index (χ1n) is 5.58. The monoisotopic (exact) mass is 257 g/mol. The average molecular weight is 257 g/mol. The van der Waals surface area contributed by atoms with Gasteiger partial charge in [0.2, 0.25) is 0 Å². The van der Waals surface area contributed by atoms with E-state index in [1.165, 1.54) is 11.8 Å². The molecule has 5 heteroatoms. The van der Waals surface area contributed by atoms with Crippen molar-refractivity contribution in [1.82, 2.24) is 4.98 Å². The van der Waals surface area contributed by atoms with Crippen molar-refractivity contribution in [3.8, 4) is 0 Å². The molecule has 0 saturated carbocycles. The van der Waals surface area contributed by atoms with E-state index in [9.17, 15) is 4.79 Å². The van der Waals surface area contributed by atoms with Gasteiger partial charge in [-0.2, -0.15) is 4.98 Å². The molecule has 17 heavy (non-hydrogen) atoms. The molecule has 0 unspecified atom stereocenters. The van der Waals surface area contributed by atoms with Gasteiger partial charge >= 0.3 is 5.97 Å². The lowest BCUT2D eigenvalue weighted by Crippen LogP contribution is -2.13. The number of rotatable bonds is 4. The fourth-order valence-electron chi connectivity index (χ4n) is 1.38. The molecule has 4 nitrogen and oxygen atoms in total. The number of aromatic nitrogens is 1.